The minimum Gasteiger partial charge on any atom is -0.399 e. The number of hydrogen-bond acceptors (Lipinski definition) is 4. The van der Waals surface area contributed by atoms with Crippen molar-refractivity contribution in [1.29, 1.82) is 0 Å². The Bertz CT molecular complexity index is 584. The van der Waals surface area contributed by atoms with E-state index in [9.17, 15) is 4.79 Å². The first kappa shape index (κ1) is 19.7. The number of amides is 1. The minimum absolute atomic E-state index is 0. The summed E-state index contributed by atoms with van der Waals surface area (Å²) in [6.45, 7) is 4.48. The molecule has 7 heteroatoms. The highest BCUT2D eigenvalue weighted by Gasteiger charge is 2.07. The number of benzene rings is 1. The quantitative estimate of drug-likeness (QED) is 0.835. The maximum atomic E-state index is 11.8. The van der Waals surface area contributed by atoms with Crippen molar-refractivity contribution in [2.45, 2.75) is 26.8 Å². The van der Waals surface area contributed by atoms with E-state index in [4.69, 9.17) is 5.73 Å². The second kappa shape index (κ2) is 8.87. The van der Waals surface area contributed by atoms with Crippen LogP contribution in [-0.2, 0) is 17.8 Å². The Hall–Kier alpha value is -1.30. The van der Waals surface area contributed by atoms with Crippen LogP contribution in [0, 0.1) is 13.8 Å². The van der Waals surface area contributed by atoms with Crippen molar-refractivity contribution < 1.29 is 4.79 Å². The van der Waals surface area contributed by atoms with Gasteiger partial charge in [-0.15, -0.1) is 36.2 Å². The standard InChI is InChI=1S/C14H17N3OS.2ClH/c1-9-13(19-10(2)17-9)8-16-14(18)7-11-3-5-12(15)6-4-11;;/h3-6H,7-8,15H2,1-2H3,(H,16,18);2*1H. The van der Waals surface area contributed by atoms with Gasteiger partial charge in [-0.2, -0.15) is 0 Å². The maximum absolute atomic E-state index is 11.8. The van der Waals surface area contributed by atoms with Gasteiger partial charge in [0.05, 0.1) is 23.7 Å². The predicted octanol–water partition coefficient (Wildman–Crippen LogP) is 3.04. The van der Waals surface area contributed by atoms with Crippen molar-refractivity contribution in [3.63, 3.8) is 0 Å². The van der Waals surface area contributed by atoms with Crippen LogP contribution in [0.15, 0.2) is 24.3 Å². The summed E-state index contributed by atoms with van der Waals surface area (Å²) in [5, 5.41) is 3.94. The largest absolute Gasteiger partial charge is 0.399 e. The summed E-state index contributed by atoms with van der Waals surface area (Å²) in [4.78, 5) is 17.3. The Kier molecular flexibility index (Phi) is 8.32. The summed E-state index contributed by atoms with van der Waals surface area (Å²) in [6.07, 6.45) is 0.372. The third kappa shape index (κ3) is 5.91. The van der Waals surface area contributed by atoms with Crippen LogP contribution in [0.2, 0.25) is 0 Å². The van der Waals surface area contributed by atoms with E-state index < -0.39 is 0 Å². The van der Waals surface area contributed by atoms with E-state index in [2.05, 4.69) is 10.3 Å². The van der Waals surface area contributed by atoms with Gasteiger partial charge in [-0.05, 0) is 31.5 Å². The van der Waals surface area contributed by atoms with Gasteiger partial charge < -0.3 is 11.1 Å². The van der Waals surface area contributed by atoms with Crippen LogP contribution < -0.4 is 11.1 Å². The van der Waals surface area contributed by atoms with Crippen molar-refractivity contribution in [2.75, 3.05) is 5.73 Å². The van der Waals surface area contributed by atoms with Gasteiger partial charge in [-0.1, -0.05) is 12.1 Å². The molecule has 0 aliphatic carbocycles. The zero-order valence-electron chi connectivity index (χ0n) is 11.9. The number of hydrogen-bond donors (Lipinski definition) is 2. The van der Waals surface area contributed by atoms with Crippen LogP contribution in [-0.4, -0.2) is 10.9 Å². The van der Waals surface area contributed by atoms with E-state index >= 15 is 0 Å². The molecule has 0 saturated heterocycles. The van der Waals surface area contributed by atoms with Crippen LogP contribution in [0.3, 0.4) is 0 Å². The fourth-order valence-electron chi connectivity index (χ4n) is 1.80. The van der Waals surface area contributed by atoms with Gasteiger partial charge in [0.15, 0.2) is 0 Å². The number of nitrogen functional groups attached to an aromatic ring is 1. The van der Waals surface area contributed by atoms with Gasteiger partial charge in [-0.3, -0.25) is 4.79 Å². The van der Waals surface area contributed by atoms with Gasteiger partial charge in [0.25, 0.3) is 0 Å². The normalized spacial score (nSPS) is 9.43. The highest BCUT2D eigenvalue weighted by Crippen LogP contribution is 2.16. The monoisotopic (exact) mass is 347 g/mol. The van der Waals surface area contributed by atoms with E-state index in [0.29, 0.717) is 18.7 Å². The minimum atomic E-state index is 0. The molecule has 3 N–H and O–H groups in total. The van der Waals surface area contributed by atoms with Crippen molar-refractivity contribution in [1.82, 2.24) is 10.3 Å². The number of anilines is 1. The molecule has 0 bridgehead atoms. The summed E-state index contributed by atoms with van der Waals surface area (Å²) in [5.41, 5.74) is 8.27. The van der Waals surface area contributed by atoms with E-state index in [1.807, 2.05) is 26.0 Å². The van der Waals surface area contributed by atoms with Gasteiger partial charge in [0.1, 0.15) is 0 Å². The Morgan fingerprint density at radius 1 is 1.24 bits per heavy atom. The first-order valence-electron chi connectivity index (χ1n) is 6.08. The van der Waals surface area contributed by atoms with E-state index in [-0.39, 0.29) is 30.7 Å². The zero-order chi connectivity index (χ0) is 13.8. The fraction of sp³-hybridized carbons (Fsp3) is 0.286. The number of carbonyl (C=O) groups is 1. The van der Waals surface area contributed by atoms with Crippen LogP contribution in [0.25, 0.3) is 0 Å². The molecule has 0 aliphatic heterocycles. The summed E-state index contributed by atoms with van der Waals surface area (Å²) in [6, 6.07) is 7.35. The summed E-state index contributed by atoms with van der Waals surface area (Å²) >= 11 is 1.62. The third-order valence-electron chi connectivity index (χ3n) is 2.79. The molecule has 0 atom stereocenters. The Morgan fingerprint density at radius 2 is 1.86 bits per heavy atom. The van der Waals surface area contributed by atoms with Crippen LogP contribution in [0.4, 0.5) is 5.69 Å². The highest BCUT2D eigenvalue weighted by molar-refractivity contribution is 7.11. The molecule has 0 unspecified atom stereocenters. The number of rotatable bonds is 4. The molecule has 0 saturated carbocycles. The predicted molar refractivity (Wildman–Crippen MR) is 92.5 cm³/mol. The molecule has 1 amide bonds. The van der Waals surface area contributed by atoms with Crippen molar-refractivity contribution >= 4 is 47.7 Å². The SMILES string of the molecule is Cc1nc(C)c(CNC(=O)Cc2ccc(N)cc2)s1.Cl.Cl. The Balaban J connectivity index is 0.00000200. The number of aryl methyl sites for hydroxylation is 2. The molecule has 2 rings (SSSR count). The molecule has 1 aromatic heterocycles. The Morgan fingerprint density at radius 3 is 2.38 bits per heavy atom. The highest BCUT2D eigenvalue weighted by atomic mass is 35.5. The molecule has 0 fully saturated rings. The smallest absolute Gasteiger partial charge is 0.224 e. The van der Waals surface area contributed by atoms with Gasteiger partial charge >= 0.3 is 0 Å². The second-order valence-electron chi connectivity index (χ2n) is 4.44. The van der Waals surface area contributed by atoms with Crippen molar-refractivity contribution in [3.8, 4) is 0 Å². The zero-order valence-corrected chi connectivity index (χ0v) is 14.3. The molecule has 0 aliphatic rings. The molecule has 116 valence electrons. The first-order valence-corrected chi connectivity index (χ1v) is 6.90. The summed E-state index contributed by atoms with van der Waals surface area (Å²) in [5.74, 6) is 0.00947. The number of carbonyl (C=O) groups excluding carboxylic acids is 1. The topological polar surface area (TPSA) is 68.0 Å². The molecular weight excluding hydrogens is 329 g/mol. The fourth-order valence-corrected chi connectivity index (χ4v) is 2.68. The first-order chi connectivity index (χ1) is 9.04. The number of nitrogens with zero attached hydrogens (tertiary/aromatic N) is 1. The molecule has 1 aromatic carbocycles. The van der Waals surface area contributed by atoms with E-state index in [0.717, 1.165) is 21.1 Å². The number of nitrogens with two attached hydrogens (primary N) is 1. The van der Waals surface area contributed by atoms with Crippen LogP contribution in [0.1, 0.15) is 21.1 Å². The second-order valence-corrected chi connectivity index (χ2v) is 5.72. The average molecular weight is 348 g/mol. The molecule has 21 heavy (non-hydrogen) atoms. The third-order valence-corrected chi connectivity index (χ3v) is 3.86. The van der Waals surface area contributed by atoms with Crippen LogP contribution >= 0.6 is 36.2 Å². The lowest BCUT2D eigenvalue weighted by Gasteiger charge is -2.04. The van der Waals surface area contributed by atoms with Crippen molar-refractivity contribution in [3.05, 3.63) is 45.4 Å². The molecule has 1 heterocycles. The average Bonchev–Trinajstić information content (AvgIpc) is 2.68. The van der Waals surface area contributed by atoms with Gasteiger partial charge in [0.2, 0.25) is 5.91 Å². The van der Waals surface area contributed by atoms with Crippen LogP contribution in [0.5, 0.6) is 0 Å². The number of thiazole rings is 1. The molecule has 0 radical (unpaired) electrons. The van der Waals surface area contributed by atoms with Crippen molar-refractivity contribution in [2.24, 2.45) is 0 Å². The lowest BCUT2D eigenvalue weighted by Crippen LogP contribution is -2.24. The van der Waals surface area contributed by atoms with Gasteiger partial charge in [-0.25, -0.2) is 4.98 Å². The van der Waals surface area contributed by atoms with Gasteiger partial charge in [0, 0.05) is 10.6 Å². The number of aromatic nitrogens is 1. The molecule has 2 aromatic rings. The Labute approximate surface area is 141 Å². The summed E-state index contributed by atoms with van der Waals surface area (Å²) < 4.78 is 0. The lowest BCUT2D eigenvalue weighted by atomic mass is 10.1. The number of nitrogens with one attached hydrogen (secondary N) is 1. The molecule has 4 nitrogen and oxygen atoms in total. The molecular formula is C14H19Cl2N3OS. The number of halogens is 2. The van der Waals surface area contributed by atoms with E-state index in [1.165, 1.54) is 0 Å². The summed E-state index contributed by atoms with van der Waals surface area (Å²) in [7, 11) is 0. The lowest BCUT2D eigenvalue weighted by molar-refractivity contribution is -0.120. The molecule has 0 spiro atoms. The maximum Gasteiger partial charge on any atom is 0.224 e. The van der Waals surface area contributed by atoms with E-state index in [1.54, 1.807) is 23.5 Å².